The SMILES string of the molecule is CO[SH](=O)=Nc1ccc([C@@H](C)NC(=O)COc2ccc(C(C)(C)C)cc2CN2CCCCC2)cc1C. The topological polar surface area (TPSA) is 80.2 Å². The van der Waals surface area contributed by atoms with Crippen LogP contribution < -0.4 is 10.1 Å². The van der Waals surface area contributed by atoms with E-state index in [0.717, 1.165) is 42.1 Å². The van der Waals surface area contributed by atoms with Gasteiger partial charge in [-0.2, -0.15) is 4.36 Å². The van der Waals surface area contributed by atoms with Crippen LogP contribution in [-0.4, -0.2) is 41.8 Å². The van der Waals surface area contributed by atoms with Gasteiger partial charge in [0.2, 0.25) is 0 Å². The van der Waals surface area contributed by atoms with Crippen LogP contribution in [0.15, 0.2) is 40.8 Å². The van der Waals surface area contributed by atoms with Crippen molar-refractivity contribution in [3.05, 3.63) is 58.7 Å². The van der Waals surface area contributed by atoms with E-state index in [0.29, 0.717) is 5.69 Å². The van der Waals surface area contributed by atoms with Crippen LogP contribution in [0.1, 0.15) is 75.3 Å². The molecule has 1 heterocycles. The highest BCUT2D eigenvalue weighted by atomic mass is 32.2. The van der Waals surface area contributed by atoms with E-state index in [4.69, 9.17) is 8.92 Å². The Morgan fingerprint density at radius 2 is 1.86 bits per heavy atom. The van der Waals surface area contributed by atoms with Gasteiger partial charge in [-0.15, -0.1) is 0 Å². The first-order chi connectivity index (χ1) is 17.1. The molecular formula is C28H41N3O4S. The Labute approximate surface area is 218 Å². The highest BCUT2D eigenvalue weighted by Crippen LogP contribution is 2.30. The fourth-order valence-corrected chi connectivity index (χ4v) is 4.85. The Kier molecular flexibility index (Phi) is 9.93. The summed E-state index contributed by atoms with van der Waals surface area (Å²) in [5.41, 5.74) is 4.86. The van der Waals surface area contributed by atoms with Crippen molar-refractivity contribution in [2.24, 2.45) is 4.36 Å². The molecule has 0 saturated carbocycles. The molecule has 1 saturated heterocycles. The van der Waals surface area contributed by atoms with Crippen molar-refractivity contribution in [1.29, 1.82) is 0 Å². The van der Waals surface area contributed by atoms with Crippen LogP contribution in [0.5, 0.6) is 5.75 Å². The second-order valence-corrected chi connectivity index (χ2v) is 11.6. The maximum Gasteiger partial charge on any atom is 0.258 e. The van der Waals surface area contributed by atoms with E-state index in [1.54, 1.807) is 6.07 Å². The number of aryl methyl sites for hydroxylation is 1. The molecule has 8 heteroatoms. The lowest BCUT2D eigenvalue weighted by atomic mass is 9.86. The second kappa shape index (κ2) is 12.7. The number of likely N-dealkylation sites (tertiary alicyclic amines) is 1. The minimum Gasteiger partial charge on any atom is -0.483 e. The first kappa shape index (κ1) is 28.2. The summed E-state index contributed by atoms with van der Waals surface area (Å²) in [5.74, 6) is 0.589. The van der Waals surface area contributed by atoms with Crippen molar-refractivity contribution in [2.45, 2.75) is 71.9 Å². The molecule has 0 aliphatic carbocycles. The number of nitrogens with zero attached hydrogens (tertiary/aromatic N) is 2. The highest BCUT2D eigenvalue weighted by Gasteiger charge is 2.19. The van der Waals surface area contributed by atoms with Gasteiger partial charge in [0.25, 0.3) is 5.91 Å². The van der Waals surface area contributed by atoms with Gasteiger partial charge >= 0.3 is 0 Å². The number of ether oxygens (including phenoxy) is 1. The molecule has 7 nitrogen and oxygen atoms in total. The number of hydrogen-bond acceptors (Lipinski definition) is 6. The van der Waals surface area contributed by atoms with Crippen LogP contribution >= 0.6 is 0 Å². The normalized spacial score (nSPS) is 16.5. The van der Waals surface area contributed by atoms with E-state index in [2.05, 4.69) is 47.5 Å². The number of benzene rings is 2. The second-order valence-electron chi connectivity index (χ2n) is 10.6. The van der Waals surface area contributed by atoms with Gasteiger partial charge in [0, 0.05) is 12.1 Å². The third kappa shape index (κ3) is 8.05. The predicted octanol–water partition coefficient (Wildman–Crippen LogP) is 5.39. The largest absolute Gasteiger partial charge is 0.483 e. The van der Waals surface area contributed by atoms with Crippen molar-refractivity contribution in [3.8, 4) is 5.75 Å². The van der Waals surface area contributed by atoms with Gasteiger partial charge in [-0.1, -0.05) is 51.5 Å². The third-order valence-corrected chi connectivity index (χ3v) is 7.26. The van der Waals surface area contributed by atoms with Gasteiger partial charge in [-0.25, -0.2) is 4.21 Å². The number of nitrogens with one attached hydrogen (secondary N) is 1. The zero-order chi connectivity index (χ0) is 26.3. The molecule has 0 aromatic heterocycles. The average molecular weight is 516 g/mol. The summed E-state index contributed by atoms with van der Waals surface area (Å²) in [7, 11) is -0.707. The van der Waals surface area contributed by atoms with Crippen molar-refractivity contribution < 1.29 is 17.9 Å². The van der Waals surface area contributed by atoms with E-state index in [9.17, 15) is 9.00 Å². The molecule has 3 rings (SSSR count). The zero-order valence-corrected chi connectivity index (χ0v) is 23.4. The molecule has 1 aliphatic rings. The minimum absolute atomic E-state index is 0.0438. The third-order valence-electron chi connectivity index (χ3n) is 6.57. The standard InChI is InChI=1S/C28H41N3O4S/c1-20-16-22(10-12-25(20)30-36(33)34-6)21(2)29-27(32)19-35-26-13-11-24(28(3,4)5)17-23(26)18-31-14-8-7-9-15-31/h10-13,16-17,21,36H,7-9,14-15,18-19H2,1-6H3,(H,29,32)/t21-/m1/s1. The molecule has 198 valence electrons. The van der Waals surface area contributed by atoms with Gasteiger partial charge in [-0.05, 0) is 74.0 Å². The van der Waals surface area contributed by atoms with Crippen LogP contribution in [0.4, 0.5) is 5.69 Å². The fraction of sp³-hybridized carbons (Fsp3) is 0.536. The van der Waals surface area contributed by atoms with E-state index in [1.807, 2.05) is 32.0 Å². The van der Waals surface area contributed by atoms with Crippen LogP contribution in [0.25, 0.3) is 0 Å². The van der Waals surface area contributed by atoms with Gasteiger partial charge in [0.05, 0.1) is 18.8 Å². The lowest BCUT2D eigenvalue weighted by Crippen LogP contribution is -2.32. The molecule has 1 unspecified atom stereocenters. The number of amides is 1. The molecule has 36 heavy (non-hydrogen) atoms. The molecule has 2 atom stereocenters. The quantitative estimate of drug-likeness (QED) is 0.438. The zero-order valence-electron chi connectivity index (χ0n) is 22.5. The lowest BCUT2D eigenvalue weighted by Gasteiger charge is -2.28. The van der Waals surface area contributed by atoms with Gasteiger partial charge in [0.15, 0.2) is 17.5 Å². The van der Waals surface area contributed by atoms with E-state index in [-0.39, 0.29) is 24.0 Å². The number of carbonyl (C=O) groups is 1. The summed E-state index contributed by atoms with van der Waals surface area (Å²) in [5, 5.41) is 3.01. The van der Waals surface area contributed by atoms with E-state index < -0.39 is 10.9 Å². The van der Waals surface area contributed by atoms with Crippen LogP contribution in [0.3, 0.4) is 0 Å². The van der Waals surface area contributed by atoms with Crippen molar-refractivity contribution >= 4 is 22.5 Å². The Balaban J connectivity index is 1.66. The number of rotatable bonds is 9. The first-order valence-corrected chi connectivity index (χ1v) is 13.8. The van der Waals surface area contributed by atoms with Crippen molar-refractivity contribution in [2.75, 3.05) is 26.8 Å². The first-order valence-electron chi connectivity index (χ1n) is 12.7. The van der Waals surface area contributed by atoms with Gasteiger partial charge in [-0.3, -0.25) is 13.9 Å². The molecule has 1 aliphatic heterocycles. The average Bonchev–Trinajstić information content (AvgIpc) is 2.84. The molecular weight excluding hydrogens is 474 g/mol. The number of thiol groups is 1. The Hall–Kier alpha value is -2.42. The monoisotopic (exact) mass is 515 g/mol. The van der Waals surface area contributed by atoms with Gasteiger partial charge < -0.3 is 10.1 Å². The fourth-order valence-electron chi connectivity index (χ4n) is 4.37. The molecule has 0 spiro atoms. The summed E-state index contributed by atoms with van der Waals surface area (Å²) in [6, 6.07) is 11.7. The van der Waals surface area contributed by atoms with E-state index in [1.165, 1.54) is 31.9 Å². The molecule has 1 amide bonds. The maximum absolute atomic E-state index is 12.7. The smallest absolute Gasteiger partial charge is 0.258 e. The Bertz CT molecular complexity index is 1130. The predicted molar refractivity (Wildman–Crippen MR) is 146 cm³/mol. The Morgan fingerprint density at radius 3 is 2.50 bits per heavy atom. The summed E-state index contributed by atoms with van der Waals surface area (Å²) < 4.78 is 26.4. The lowest BCUT2D eigenvalue weighted by molar-refractivity contribution is -0.123. The van der Waals surface area contributed by atoms with Crippen molar-refractivity contribution in [3.63, 3.8) is 0 Å². The molecule has 0 radical (unpaired) electrons. The minimum atomic E-state index is -2.07. The number of carbonyl (C=O) groups excluding carboxylic acids is 1. The molecule has 1 fully saturated rings. The molecule has 1 N–H and O–H groups in total. The van der Waals surface area contributed by atoms with Crippen molar-refractivity contribution in [1.82, 2.24) is 10.2 Å². The molecule has 0 bridgehead atoms. The summed E-state index contributed by atoms with van der Waals surface area (Å²) >= 11 is 0. The maximum atomic E-state index is 12.7. The number of piperidine rings is 1. The summed E-state index contributed by atoms with van der Waals surface area (Å²) in [6.45, 7) is 13.4. The summed E-state index contributed by atoms with van der Waals surface area (Å²) in [4.78, 5) is 15.2. The van der Waals surface area contributed by atoms with Crippen LogP contribution in [-0.2, 0) is 31.8 Å². The van der Waals surface area contributed by atoms with E-state index >= 15 is 0 Å². The van der Waals surface area contributed by atoms with Crippen LogP contribution in [0, 0.1) is 6.92 Å². The van der Waals surface area contributed by atoms with Crippen LogP contribution in [0.2, 0.25) is 0 Å². The molecule has 2 aromatic carbocycles. The highest BCUT2D eigenvalue weighted by molar-refractivity contribution is 7.69. The molecule has 2 aromatic rings. The summed E-state index contributed by atoms with van der Waals surface area (Å²) in [6.07, 6.45) is 3.76. The van der Waals surface area contributed by atoms with Gasteiger partial charge in [0.1, 0.15) is 5.75 Å². The Morgan fingerprint density at radius 1 is 1.14 bits per heavy atom. The number of hydrogen-bond donors (Lipinski definition) is 2.